The lowest BCUT2D eigenvalue weighted by Gasteiger charge is -2.22. The van der Waals surface area contributed by atoms with Crippen LogP contribution < -0.4 is 0 Å². The van der Waals surface area contributed by atoms with Gasteiger partial charge in [-0.3, -0.25) is 0 Å². The summed E-state index contributed by atoms with van der Waals surface area (Å²) in [6, 6.07) is 77.4. The third-order valence-corrected chi connectivity index (χ3v) is 12.5. The molecule has 0 N–H and O–H groups in total. The minimum Gasteiger partial charge on any atom is -0.308 e. The summed E-state index contributed by atoms with van der Waals surface area (Å²) in [4.78, 5) is 16.3. The summed E-state index contributed by atoms with van der Waals surface area (Å²) in [5.74, 6) is 1.78. The second kappa shape index (κ2) is 14.0. The van der Waals surface area contributed by atoms with Crippen LogP contribution in [0.15, 0.2) is 218 Å². The lowest BCUT2D eigenvalue weighted by Crippen LogP contribution is -2.10. The molecule has 0 unspecified atom stereocenters. The molecule has 4 aromatic heterocycles. The number of benzene rings is 9. The zero-order chi connectivity index (χ0) is 41.4. The zero-order valence-corrected chi connectivity index (χ0v) is 34.0. The van der Waals surface area contributed by atoms with E-state index < -0.39 is 0 Å². The molecule has 0 aliphatic rings. The maximum absolute atomic E-state index is 5.57. The fraction of sp³-hybridized carbons (Fsp3) is 0. The minimum absolute atomic E-state index is 0.572. The molecule has 294 valence electrons. The minimum atomic E-state index is 0.572. The van der Waals surface area contributed by atoms with Gasteiger partial charge in [0.2, 0.25) is 0 Å². The van der Waals surface area contributed by atoms with E-state index in [1.807, 2.05) is 36.4 Å². The largest absolute Gasteiger partial charge is 0.308 e. The summed E-state index contributed by atoms with van der Waals surface area (Å²) in [7, 11) is 0. The maximum Gasteiger partial charge on any atom is 0.168 e. The Balaban J connectivity index is 1.33. The van der Waals surface area contributed by atoms with Gasteiger partial charge in [0.25, 0.3) is 0 Å². The Morgan fingerprint density at radius 3 is 1.10 bits per heavy atom. The van der Waals surface area contributed by atoms with E-state index in [0.29, 0.717) is 17.5 Å². The summed E-state index contributed by atoms with van der Waals surface area (Å²) >= 11 is 0. The molecule has 9 aromatic carbocycles. The predicted molar refractivity (Wildman–Crippen MR) is 259 cm³/mol. The molecule has 13 aromatic rings. The fourth-order valence-corrected chi connectivity index (χ4v) is 9.82. The van der Waals surface area contributed by atoms with Gasteiger partial charge in [-0.25, -0.2) is 15.0 Å². The van der Waals surface area contributed by atoms with Crippen molar-refractivity contribution in [2.24, 2.45) is 0 Å². The van der Waals surface area contributed by atoms with Crippen molar-refractivity contribution in [1.29, 1.82) is 0 Å². The van der Waals surface area contributed by atoms with Crippen molar-refractivity contribution in [3.8, 4) is 51.2 Å². The lowest BCUT2D eigenvalue weighted by molar-refractivity contribution is 1.05. The van der Waals surface area contributed by atoms with E-state index in [1.54, 1.807) is 0 Å². The second-order valence-electron chi connectivity index (χ2n) is 16.0. The van der Waals surface area contributed by atoms with E-state index >= 15 is 0 Å². The number of aromatic nitrogens is 6. The van der Waals surface area contributed by atoms with Crippen LogP contribution >= 0.6 is 0 Å². The standard InChI is InChI=1S/C57H36N6/c1-4-20-37(21-5-1)55-58-56(38-22-6-2-7-23-38)60-57(59-55)52-51(62-47-32-16-10-26-40(47)41-27-11-17-33-48(41)62)36-45-44-30-14-15-31-46(44)61(39-24-8-3-9-25-39)53(45)54(52)63-49-34-18-12-28-42(49)43-29-13-19-35-50(43)63/h1-36H. The van der Waals surface area contributed by atoms with Gasteiger partial charge >= 0.3 is 0 Å². The molecule has 0 saturated carbocycles. The molecule has 0 bridgehead atoms. The smallest absolute Gasteiger partial charge is 0.168 e. The van der Waals surface area contributed by atoms with Crippen LogP contribution in [-0.2, 0) is 0 Å². The van der Waals surface area contributed by atoms with Crippen molar-refractivity contribution in [2.75, 3.05) is 0 Å². The van der Waals surface area contributed by atoms with Crippen molar-refractivity contribution in [1.82, 2.24) is 28.7 Å². The SMILES string of the molecule is c1ccc(-c2nc(-c3ccccc3)nc(-c3c(-n4c5ccccc5c5ccccc54)cc4c5ccccc5n(-c5ccccc5)c4c3-n3c4ccccc4c4ccccc43)n2)cc1. The number of rotatable bonds is 6. The van der Waals surface area contributed by atoms with Gasteiger partial charge in [0, 0.05) is 49.1 Å². The van der Waals surface area contributed by atoms with Gasteiger partial charge in [-0.05, 0) is 48.5 Å². The second-order valence-corrected chi connectivity index (χ2v) is 16.0. The topological polar surface area (TPSA) is 53.5 Å². The molecule has 63 heavy (non-hydrogen) atoms. The highest BCUT2D eigenvalue weighted by Gasteiger charge is 2.30. The summed E-state index contributed by atoms with van der Waals surface area (Å²) in [6.45, 7) is 0. The van der Waals surface area contributed by atoms with Gasteiger partial charge in [-0.2, -0.15) is 0 Å². The molecule has 0 amide bonds. The molecule has 4 heterocycles. The molecule has 0 aliphatic carbocycles. The summed E-state index contributed by atoms with van der Waals surface area (Å²) in [5, 5.41) is 6.96. The van der Waals surface area contributed by atoms with Crippen molar-refractivity contribution in [3.63, 3.8) is 0 Å². The predicted octanol–water partition coefficient (Wildman–Crippen LogP) is 14.2. The first-order chi connectivity index (χ1) is 31.3. The molecule has 0 saturated heterocycles. The molecule has 0 aliphatic heterocycles. The number of hydrogen-bond donors (Lipinski definition) is 0. The Labute approximate surface area is 362 Å². The Hall–Kier alpha value is -8.61. The molecule has 0 atom stereocenters. The van der Waals surface area contributed by atoms with Crippen LogP contribution in [0.25, 0.3) is 117 Å². The molecule has 6 nitrogen and oxygen atoms in total. The van der Waals surface area contributed by atoms with Crippen LogP contribution in [0.3, 0.4) is 0 Å². The summed E-state index contributed by atoms with van der Waals surface area (Å²) < 4.78 is 7.33. The third kappa shape index (κ3) is 5.35. The molecule has 0 spiro atoms. The number of para-hydroxylation sites is 6. The Kier molecular flexibility index (Phi) is 7.80. The van der Waals surface area contributed by atoms with E-state index in [0.717, 1.165) is 77.6 Å². The normalized spacial score (nSPS) is 11.8. The number of hydrogen-bond acceptors (Lipinski definition) is 3. The molecule has 6 heteroatoms. The Morgan fingerprint density at radius 2 is 0.635 bits per heavy atom. The van der Waals surface area contributed by atoms with Crippen molar-refractivity contribution >= 4 is 65.4 Å². The first-order valence-electron chi connectivity index (χ1n) is 21.3. The van der Waals surface area contributed by atoms with Crippen LogP contribution in [-0.4, -0.2) is 28.7 Å². The van der Waals surface area contributed by atoms with E-state index in [1.165, 1.54) is 21.5 Å². The van der Waals surface area contributed by atoms with Crippen molar-refractivity contribution < 1.29 is 0 Å². The van der Waals surface area contributed by atoms with E-state index in [-0.39, 0.29) is 0 Å². The van der Waals surface area contributed by atoms with E-state index in [4.69, 9.17) is 15.0 Å². The van der Waals surface area contributed by atoms with Crippen molar-refractivity contribution in [2.45, 2.75) is 0 Å². The van der Waals surface area contributed by atoms with Crippen LogP contribution in [0, 0.1) is 0 Å². The van der Waals surface area contributed by atoms with Crippen LogP contribution in [0.4, 0.5) is 0 Å². The number of nitrogens with zero attached hydrogens (tertiary/aromatic N) is 6. The van der Waals surface area contributed by atoms with Crippen LogP contribution in [0.5, 0.6) is 0 Å². The molecular formula is C57H36N6. The zero-order valence-electron chi connectivity index (χ0n) is 34.0. The third-order valence-electron chi connectivity index (χ3n) is 12.5. The monoisotopic (exact) mass is 804 g/mol. The fourth-order valence-electron chi connectivity index (χ4n) is 9.82. The highest BCUT2D eigenvalue weighted by molar-refractivity contribution is 6.19. The number of fused-ring (bicyclic) bond motifs is 9. The van der Waals surface area contributed by atoms with E-state index in [2.05, 4.69) is 196 Å². The quantitative estimate of drug-likeness (QED) is 0.168. The molecular weight excluding hydrogens is 769 g/mol. The van der Waals surface area contributed by atoms with Crippen LogP contribution in [0.1, 0.15) is 0 Å². The average molecular weight is 805 g/mol. The van der Waals surface area contributed by atoms with Gasteiger partial charge < -0.3 is 13.7 Å². The van der Waals surface area contributed by atoms with Crippen LogP contribution in [0.2, 0.25) is 0 Å². The van der Waals surface area contributed by atoms with Gasteiger partial charge in [0.15, 0.2) is 17.5 Å². The molecule has 0 radical (unpaired) electrons. The molecule has 13 rings (SSSR count). The van der Waals surface area contributed by atoms with E-state index in [9.17, 15) is 0 Å². The highest BCUT2D eigenvalue weighted by atomic mass is 15.1. The Bertz CT molecular complexity index is 3730. The van der Waals surface area contributed by atoms with Gasteiger partial charge in [-0.1, -0.05) is 170 Å². The van der Waals surface area contributed by atoms with Gasteiger partial charge in [0.1, 0.15) is 0 Å². The average Bonchev–Trinajstić information content (AvgIpc) is 4.00. The lowest BCUT2D eigenvalue weighted by atomic mass is 10.0. The van der Waals surface area contributed by atoms with Crippen molar-refractivity contribution in [3.05, 3.63) is 218 Å². The first kappa shape index (κ1) is 35.2. The summed E-state index contributed by atoms with van der Waals surface area (Å²) in [5.41, 5.74) is 12.3. The van der Waals surface area contributed by atoms with Gasteiger partial charge in [-0.15, -0.1) is 0 Å². The first-order valence-corrected chi connectivity index (χ1v) is 21.3. The maximum atomic E-state index is 5.57. The van der Waals surface area contributed by atoms with Gasteiger partial charge in [0.05, 0.1) is 50.0 Å². The highest BCUT2D eigenvalue weighted by Crippen LogP contribution is 2.48. The Morgan fingerprint density at radius 1 is 0.286 bits per heavy atom. The summed E-state index contributed by atoms with van der Waals surface area (Å²) in [6.07, 6.45) is 0. The molecule has 0 fully saturated rings.